The maximum Gasteiger partial charge on any atom is 0.344 e. The van der Waals surface area contributed by atoms with Crippen molar-refractivity contribution < 1.29 is 31.9 Å². The van der Waals surface area contributed by atoms with E-state index in [0.29, 0.717) is 37.6 Å². The van der Waals surface area contributed by atoms with E-state index in [-0.39, 0.29) is 24.0 Å². The zero-order valence-corrected chi connectivity index (χ0v) is 15.6. The highest BCUT2D eigenvalue weighted by Crippen LogP contribution is 2.19. The van der Waals surface area contributed by atoms with Gasteiger partial charge in [0.25, 0.3) is 5.88 Å². The van der Waals surface area contributed by atoms with Gasteiger partial charge in [-0.2, -0.15) is 4.31 Å². The molecule has 0 bridgehead atoms. The first-order chi connectivity index (χ1) is 12.9. The molecule has 0 radical (unpaired) electrons. The molecule has 0 N–H and O–H groups in total. The van der Waals surface area contributed by atoms with Crippen LogP contribution in [0.3, 0.4) is 0 Å². The number of hydrogen-bond donors (Lipinski definition) is 0. The maximum absolute atomic E-state index is 12.7. The van der Waals surface area contributed by atoms with Crippen molar-refractivity contribution in [3.63, 3.8) is 0 Å². The van der Waals surface area contributed by atoms with Gasteiger partial charge in [-0.25, -0.2) is 13.2 Å². The SMILES string of the molecule is Cc1cc(OCC(=O)OCc2cccc(S(=O)(=O)N3CCOCC3)c2)no1. The summed E-state index contributed by atoms with van der Waals surface area (Å²) in [6.45, 7) is 2.71. The molecule has 0 aliphatic carbocycles. The van der Waals surface area contributed by atoms with Crippen LogP contribution in [0.25, 0.3) is 0 Å². The number of esters is 1. The van der Waals surface area contributed by atoms with Gasteiger partial charge in [-0.05, 0) is 29.8 Å². The first-order valence-electron chi connectivity index (χ1n) is 8.34. The fourth-order valence-electron chi connectivity index (χ4n) is 2.48. The molecule has 0 amide bonds. The third-order valence-electron chi connectivity index (χ3n) is 3.85. The Bertz CT molecular complexity index is 888. The van der Waals surface area contributed by atoms with Crippen molar-refractivity contribution >= 4 is 16.0 Å². The van der Waals surface area contributed by atoms with E-state index in [9.17, 15) is 13.2 Å². The van der Waals surface area contributed by atoms with Gasteiger partial charge in [-0.3, -0.25) is 0 Å². The molecule has 0 atom stereocenters. The van der Waals surface area contributed by atoms with Crippen molar-refractivity contribution in [3.8, 4) is 5.88 Å². The minimum atomic E-state index is -3.60. The number of hydrogen-bond acceptors (Lipinski definition) is 8. The molecular formula is C17H20N2O7S. The number of benzene rings is 1. The van der Waals surface area contributed by atoms with E-state index in [4.69, 9.17) is 18.7 Å². The lowest BCUT2D eigenvalue weighted by atomic mass is 10.2. The van der Waals surface area contributed by atoms with Gasteiger partial charge in [-0.15, -0.1) is 0 Å². The Morgan fingerprint density at radius 1 is 1.26 bits per heavy atom. The lowest BCUT2D eigenvalue weighted by Crippen LogP contribution is -2.40. The minimum absolute atomic E-state index is 0.0630. The predicted octanol–water partition coefficient (Wildman–Crippen LogP) is 1.13. The summed E-state index contributed by atoms with van der Waals surface area (Å²) in [5.74, 6) is 0.164. The number of nitrogens with zero attached hydrogens (tertiary/aromatic N) is 2. The molecule has 0 spiro atoms. The van der Waals surface area contributed by atoms with Crippen LogP contribution in [0.5, 0.6) is 5.88 Å². The van der Waals surface area contributed by atoms with Crippen molar-refractivity contribution in [2.24, 2.45) is 0 Å². The molecule has 2 heterocycles. The van der Waals surface area contributed by atoms with Crippen LogP contribution < -0.4 is 4.74 Å². The van der Waals surface area contributed by atoms with Gasteiger partial charge in [-0.1, -0.05) is 12.1 Å². The lowest BCUT2D eigenvalue weighted by Gasteiger charge is -2.26. The number of rotatable bonds is 7. The number of morpholine rings is 1. The summed E-state index contributed by atoms with van der Waals surface area (Å²) < 4.78 is 47.0. The normalized spacial score (nSPS) is 15.4. The van der Waals surface area contributed by atoms with Crippen molar-refractivity contribution in [3.05, 3.63) is 41.7 Å². The fourth-order valence-corrected chi connectivity index (χ4v) is 3.96. The summed E-state index contributed by atoms with van der Waals surface area (Å²) in [6, 6.07) is 7.87. The van der Waals surface area contributed by atoms with Crippen molar-refractivity contribution in [1.29, 1.82) is 0 Å². The van der Waals surface area contributed by atoms with E-state index in [1.807, 2.05) is 0 Å². The zero-order chi connectivity index (χ0) is 19.3. The zero-order valence-electron chi connectivity index (χ0n) is 14.8. The first-order valence-corrected chi connectivity index (χ1v) is 9.78. The van der Waals surface area contributed by atoms with Crippen LogP contribution in [0.2, 0.25) is 0 Å². The van der Waals surface area contributed by atoms with Crippen molar-refractivity contribution in [2.75, 3.05) is 32.9 Å². The van der Waals surface area contributed by atoms with Crippen molar-refractivity contribution in [1.82, 2.24) is 9.46 Å². The number of ether oxygens (including phenoxy) is 3. The second kappa shape index (κ2) is 8.51. The van der Waals surface area contributed by atoms with Crippen molar-refractivity contribution in [2.45, 2.75) is 18.4 Å². The van der Waals surface area contributed by atoms with Crippen LogP contribution >= 0.6 is 0 Å². The second-order valence-corrected chi connectivity index (χ2v) is 7.83. The Kier molecular flexibility index (Phi) is 6.09. The van der Waals surface area contributed by atoms with E-state index >= 15 is 0 Å². The Labute approximate surface area is 156 Å². The average Bonchev–Trinajstić information content (AvgIpc) is 3.11. The molecule has 146 valence electrons. The highest BCUT2D eigenvalue weighted by Gasteiger charge is 2.26. The number of carbonyl (C=O) groups excluding carboxylic acids is 1. The molecule has 1 aromatic heterocycles. The molecule has 3 rings (SSSR count). The molecule has 27 heavy (non-hydrogen) atoms. The number of carbonyl (C=O) groups is 1. The van der Waals surface area contributed by atoms with Crippen LogP contribution in [0, 0.1) is 6.92 Å². The minimum Gasteiger partial charge on any atom is -0.463 e. The van der Waals surface area contributed by atoms with Crippen LogP contribution in [0.4, 0.5) is 0 Å². The molecule has 2 aromatic rings. The Balaban J connectivity index is 1.56. The highest BCUT2D eigenvalue weighted by atomic mass is 32.2. The van der Waals surface area contributed by atoms with Gasteiger partial charge < -0.3 is 18.7 Å². The third kappa shape index (κ3) is 5.06. The largest absolute Gasteiger partial charge is 0.463 e. The monoisotopic (exact) mass is 396 g/mol. The summed E-state index contributed by atoms with van der Waals surface area (Å²) in [5, 5.41) is 3.60. The molecule has 0 unspecified atom stereocenters. The van der Waals surface area contributed by atoms with Crippen LogP contribution in [0.1, 0.15) is 11.3 Å². The molecule has 0 saturated carbocycles. The Morgan fingerprint density at radius 2 is 2.04 bits per heavy atom. The lowest BCUT2D eigenvalue weighted by molar-refractivity contribution is -0.147. The molecule has 9 nitrogen and oxygen atoms in total. The molecule has 1 aromatic carbocycles. The van der Waals surface area contributed by atoms with Crippen LogP contribution in [0.15, 0.2) is 39.8 Å². The summed E-state index contributed by atoms with van der Waals surface area (Å²) in [4.78, 5) is 11.9. The van der Waals surface area contributed by atoms with Crippen LogP contribution in [-0.2, 0) is 30.9 Å². The van der Waals surface area contributed by atoms with Gasteiger partial charge in [0.1, 0.15) is 12.4 Å². The smallest absolute Gasteiger partial charge is 0.344 e. The van der Waals surface area contributed by atoms with E-state index in [2.05, 4.69) is 5.16 Å². The quantitative estimate of drug-likeness (QED) is 0.641. The van der Waals surface area contributed by atoms with E-state index in [0.717, 1.165) is 0 Å². The molecule has 1 aliphatic rings. The average molecular weight is 396 g/mol. The van der Waals surface area contributed by atoms with Gasteiger partial charge in [0.15, 0.2) is 6.61 Å². The topological polar surface area (TPSA) is 108 Å². The van der Waals surface area contributed by atoms with Gasteiger partial charge >= 0.3 is 5.97 Å². The summed E-state index contributed by atoms with van der Waals surface area (Å²) >= 11 is 0. The summed E-state index contributed by atoms with van der Waals surface area (Å²) in [7, 11) is -3.60. The molecule has 1 fully saturated rings. The molecule has 10 heteroatoms. The van der Waals surface area contributed by atoms with E-state index < -0.39 is 16.0 Å². The highest BCUT2D eigenvalue weighted by molar-refractivity contribution is 7.89. The second-order valence-electron chi connectivity index (χ2n) is 5.89. The molecule has 1 aliphatic heterocycles. The number of aryl methyl sites for hydroxylation is 1. The van der Waals surface area contributed by atoms with Gasteiger partial charge in [0.2, 0.25) is 10.0 Å². The predicted molar refractivity (Wildman–Crippen MR) is 92.6 cm³/mol. The van der Waals surface area contributed by atoms with E-state index in [1.165, 1.54) is 16.4 Å². The molecule has 1 saturated heterocycles. The third-order valence-corrected chi connectivity index (χ3v) is 5.74. The molecular weight excluding hydrogens is 376 g/mol. The Morgan fingerprint density at radius 3 is 2.74 bits per heavy atom. The maximum atomic E-state index is 12.7. The van der Waals surface area contributed by atoms with Gasteiger partial charge in [0.05, 0.1) is 18.1 Å². The fraction of sp³-hybridized carbons (Fsp3) is 0.412. The summed E-state index contributed by atoms with van der Waals surface area (Å²) in [5.41, 5.74) is 0.565. The number of aromatic nitrogens is 1. The van der Waals surface area contributed by atoms with Gasteiger partial charge in [0, 0.05) is 19.2 Å². The first kappa shape index (κ1) is 19.3. The summed E-state index contributed by atoms with van der Waals surface area (Å²) in [6.07, 6.45) is 0. The standard InChI is InChI=1S/C17H20N2O7S/c1-13-9-16(18-26-13)24-12-17(20)25-11-14-3-2-4-15(10-14)27(21,22)19-5-7-23-8-6-19/h2-4,9-10H,5-8,11-12H2,1H3. The Hall–Kier alpha value is -2.43. The number of sulfonamides is 1. The van der Waals surface area contributed by atoms with E-state index in [1.54, 1.807) is 25.1 Å². The van der Waals surface area contributed by atoms with Crippen LogP contribution in [-0.4, -0.2) is 56.8 Å².